The summed E-state index contributed by atoms with van der Waals surface area (Å²) in [6.45, 7) is 5.51. The number of rotatable bonds is 7. The Balaban J connectivity index is 1.36. The quantitative estimate of drug-likeness (QED) is 0.675. The number of hydrogen-bond acceptors (Lipinski definition) is 3. The molecule has 2 aliphatic carbocycles. The van der Waals surface area contributed by atoms with Gasteiger partial charge in [-0.15, -0.1) is 0 Å². The van der Waals surface area contributed by atoms with Gasteiger partial charge in [-0.05, 0) is 51.5 Å². The average molecular weight is 320 g/mol. The molecule has 6 heteroatoms. The van der Waals surface area contributed by atoms with Crippen LogP contribution in [0.5, 0.6) is 0 Å². The third-order valence-corrected chi connectivity index (χ3v) is 5.59. The molecule has 23 heavy (non-hydrogen) atoms. The Bertz CT molecular complexity index is 538. The number of H-pyrrole nitrogens is 1. The van der Waals surface area contributed by atoms with Gasteiger partial charge >= 0.3 is 6.03 Å². The highest BCUT2D eigenvalue weighted by Crippen LogP contribution is 2.57. The molecule has 0 saturated heterocycles. The van der Waals surface area contributed by atoms with Crippen LogP contribution in [-0.2, 0) is 11.2 Å². The molecule has 2 aliphatic rings. The van der Waals surface area contributed by atoms with Crippen LogP contribution in [0.3, 0.4) is 0 Å². The molecule has 1 aromatic rings. The predicted molar refractivity (Wildman–Crippen MR) is 88.3 cm³/mol. The summed E-state index contributed by atoms with van der Waals surface area (Å²) in [6, 6.07) is 0.240. The van der Waals surface area contributed by atoms with Crippen molar-refractivity contribution in [3.05, 3.63) is 17.5 Å². The van der Waals surface area contributed by atoms with E-state index in [9.17, 15) is 4.79 Å². The number of aromatic amines is 1. The molecule has 2 atom stereocenters. The van der Waals surface area contributed by atoms with Crippen molar-refractivity contribution in [1.82, 2.24) is 20.8 Å². The summed E-state index contributed by atoms with van der Waals surface area (Å²) in [4.78, 5) is 12.1. The molecule has 0 radical (unpaired) electrons. The smallest absolute Gasteiger partial charge is 0.315 e. The normalized spacial score (nSPS) is 24.8. The molecule has 2 amide bonds. The van der Waals surface area contributed by atoms with Gasteiger partial charge in [-0.1, -0.05) is 6.42 Å². The Labute approximate surface area is 137 Å². The van der Waals surface area contributed by atoms with Crippen molar-refractivity contribution in [2.45, 2.75) is 64.5 Å². The minimum absolute atomic E-state index is 0.0415. The van der Waals surface area contributed by atoms with Crippen LogP contribution in [-0.4, -0.2) is 41.5 Å². The monoisotopic (exact) mass is 320 g/mol. The molecule has 3 N–H and O–H groups in total. The van der Waals surface area contributed by atoms with Crippen LogP contribution in [0.15, 0.2) is 6.20 Å². The first-order valence-electron chi connectivity index (χ1n) is 8.80. The zero-order chi connectivity index (χ0) is 16.3. The van der Waals surface area contributed by atoms with E-state index >= 15 is 0 Å². The summed E-state index contributed by atoms with van der Waals surface area (Å²) in [5, 5.41) is 13.1. The first kappa shape index (κ1) is 16.3. The van der Waals surface area contributed by atoms with E-state index in [1.165, 1.54) is 24.8 Å². The van der Waals surface area contributed by atoms with E-state index in [1.807, 2.05) is 20.0 Å². The number of nitrogens with zero attached hydrogens (tertiary/aromatic N) is 1. The lowest BCUT2D eigenvalue weighted by atomic mass is 9.51. The molecule has 0 aromatic carbocycles. The molecule has 6 nitrogen and oxygen atoms in total. The number of carbonyl (C=O) groups is 1. The van der Waals surface area contributed by atoms with Crippen LogP contribution in [0.2, 0.25) is 0 Å². The minimum Gasteiger partial charge on any atom is -0.378 e. The van der Waals surface area contributed by atoms with Gasteiger partial charge in [0.25, 0.3) is 0 Å². The van der Waals surface area contributed by atoms with Gasteiger partial charge in [-0.2, -0.15) is 5.10 Å². The molecule has 0 unspecified atom stereocenters. The molecule has 0 bridgehead atoms. The maximum Gasteiger partial charge on any atom is 0.315 e. The van der Waals surface area contributed by atoms with Crippen LogP contribution < -0.4 is 10.6 Å². The lowest BCUT2D eigenvalue weighted by molar-refractivity contribution is -0.169. The van der Waals surface area contributed by atoms with Gasteiger partial charge in [0.15, 0.2) is 0 Å². The molecule has 3 rings (SSSR count). The van der Waals surface area contributed by atoms with Crippen molar-refractivity contribution >= 4 is 6.03 Å². The zero-order valence-electron chi connectivity index (χ0n) is 14.2. The maximum atomic E-state index is 12.1. The predicted octanol–water partition coefficient (Wildman–Crippen LogP) is 2.30. The zero-order valence-corrected chi connectivity index (χ0v) is 14.2. The van der Waals surface area contributed by atoms with E-state index in [0.717, 1.165) is 31.6 Å². The fraction of sp³-hybridized carbons (Fsp3) is 0.765. The van der Waals surface area contributed by atoms with E-state index in [1.54, 1.807) is 0 Å². The Hall–Kier alpha value is -1.56. The van der Waals surface area contributed by atoms with Crippen molar-refractivity contribution in [2.75, 3.05) is 13.2 Å². The fourth-order valence-electron chi connectivity index (χ4n) is 3.96. The Morgan fingerprint density at radius 3 is 2.96 bits per heavy atom. The van der Waals surface area contributed by atoms with Gasteiger partial charge in [-0.25, -0.2) is 4.79 Å². The summed E-state index contributed by atoms with van der Waals surface area (Å²) in [7, 11) is 0. The molecular weight excluding hydrogens is 292 g/mol. The van der Waals surface area contributed by atoms with E-state index in [-0.39, 0.29) is 17.5 Å². The highest BCUT2D eigenvalue weighted by Gasteiger charge is 2.59. The van der Waals surface area contributed by atoms with Crippen LogP contribution in [0.1, 0.15) is 50.3 Å². The van der Waals surface area contributed by atoms with E-state index < -0.39 is 0 Å². The van der Waals surface area contributed by atoms with Gasteiger partial charge < -0.3 is 15.4 Å². The molecule has 2 saturated carbocycles. The number of nitrogens with one attached hydrogen (secondary N) is 3. The number of ether oxygens (including phenoxy) is 1. The number of aryl methyl sites for hydroxylation is 2. The molecule has 0 aliphatic heterocycles. The molecule has 1 spiro atoms. The summed E-state index contributed by atoms with van der Waals surface area (Å²) in [5.74, 6) is 0. The van der Waals surface area contributed by atoms with Crippen molar-refractivity contribution in [1.29, 1.82) is 0 Å². The third kappa shape index (κ3) is 3.22. The Morgan fingerprint density at radius 2 is 2.35 bits per heavy atom. The van der Waals surface area contributed by atoms with Crippen LogP contribution in [0.25, 0.3) is 0 Å². The topological polar surface area (TPSA) is 79.0 Å². The van der Waals surface area contributed by atoms with E-state index in [2.05, 4.69) is 20.8 Å². The first-order valence-corrected chi connectivity index (χ1v) is 8.80. The van der Waals surface area contributed by atoms with E-state index in [4.69, 9.17) is 4.74 Å². The van der Waals surface area contributed by atoms with Gasteiger partial charge in [0, 0.05) is 30.3 Å². The van der Waals surface area contributed by atoms with Gasteiger partial charge in [0.1, 0.15) is 0 Å². The lowest BCUT2D eigenvalue weighted by Crippen LogP contribution is -2.68. The summed E-state index contributed by atoms with van der Waals surface area (Å²) < 4.78 is 5.82. The van der Waals surface area contributed by atoms with Gasteiger partial charge in [0.05, 0.1) is 12.3 Å². The number of hydrogen-bond donors (Lipinski definition) is 3. The average Bonchev–Trinajstić information content (AvgIpc) is 2.86. The largest absolute Gasteiger partial charge is 0.378 e. The van der Waals surface area contributed by atoms with Gasteiger partial charge in [0.2, 0.25) is 0 Å². The van der Waals surface area contributed by atoms with Crippen LogP contribution in [0.4, 0.5) is 4.79 Å². The summed E-state index contributed by atoms with van der Waals surface area (Å²) in [6.07, 6.45) is 8.63. The van der Waals surface area contributed by atoms with Crippen LogP contribution in [0, 0.1) is 12.3 Å². The highest BCUT2D eigenvalue weighted by molar-refractivity contribution is 5.74. The van der Waals surface area contributed by atoms with Crippen molar-refractivity contribution in [3.8, 4) is 0 Å². The van der Waals surface area contributed by atoms with Crippen molar-refractivity contribution < 1.29 is 9.53 Å². The highest BCUT2D eigenvalue weighted by atomic mass is 16.5. The standard InChI is InChI=1S/C17H28N4O2/c1-3-23-15-10-14(17(15)7-5-8-17)20-16(22)18-9-4-6-13-11-19-21-12(13)2/h11,14-15H,3-10H2,1-2H3,(H,19,21)(H2,18,20,22)/t14-,15-/m0/s1. The second-order valence-electron chi connectivity index (χ2n) is 6.84. The van der Waals surface area contributed by atoms with Gasteiger partial charge in [-0.3, -0.25) is 5.10 Å². The third-order valence-electron chi connectivity index (χ3n) is 5.59. The van der Waals surface area contributed by atoms with Crippen molar-refractivity contribution in [2.24, 2.45) is 5.41 Å². The number of aromatic nitrogens is 2. The minimum atomic E-state index is -0.0415. The Morgan fingerprint density at radius 1 is 1.52 bits per heavy atom. The second-order valence-corrected chi connectivity index (χ2v) is 6.84. The first-order chi connectivity index (χ1) is 11.2. The summed E-state index contributed by atoms with van der Waals surface area (Å²) >= 11 is 0. The van der Waals surface area contributed by atoms with Crippen LogP contribution >= 0.6 is 0 Å². The Kier molecular flexibility index (Phi) is 4.90. The molecule has 2 fully saturated rings. The SMILES string of the molecule is CCO[C@H]1C[C@H](NC(=O)NCCCc2cn[nH]c2C)C12CCC2. The summed E-state index contributed by atoms with van der Waals surface area (Å²) in [5.41, 5.74) is 2.55. The fourth-order valence-corrected chi connectivity index (χ4v) is 3.96. The molecular formula is C17H28N4O2. The number of amides is 2. The maximum absolute atomic E-state index is 12.1. The second kappa shape index (κ2) is 6.91. The molecule has 128 valence electrons. The number of carbonyl (C=O) groups excluding carboxylic acids is 1. The lowest BCUT2D eigenvalue weighted by Gasteiger charge is -2.60. The number of urea groups is 1. The molecule has 1 heterocycles. The van der Waals surface area contributed by atoms with E-state index in [0.29, 0.717) is 12.6 Å². The molecule has 1 aromatic heterocycles. The van der Waals surface area contributed by atoms with Crippen molar-refractivity contribution in [3.63, 3.8) is 0 Å².